The van der Waals surface area contributed by atoms with Crippen molar-refractivity contribution >= 4 is 5.91 Å². The fourth-order valence-corrected chi connectivity index (χ4v) is 2.59. The van der Waals surface area contributed by atoms with Crippen LogP contribution in [0.2, 0.25) is 0 Å². The van der Waals surface area contributed by atoms with E-state index in [-0.39, 0.29) is 11.9 Å². The Labute approximate surface area is 115 Å². The van der Waals surface area contributed by atoms with Gasteiger partial charge in [0.2, 0.25) is 0 Å². The predicted octanol–water partition coefficient (Wildman–Crippen LogP) is 2.87. The van der Waals surface area contributed by atoms with E-state index in [1.807, 2.05) is 23.4 Å². The smallest absolute Gasteiger partial charge is 0.257 e. The van der Waals surface area contributed by atoms with Gasteiger partial charge in [0.15, 0.2) is 0 Å². The minimum atomic E-state index is 0.116. The van der Waals surface area contributed by atoms with Gasteiger partial charge in [-0.3, -0.25) is 9.48 Å². The molecule has 2 rings (SSSR count). The lowest BCUT2D eigenvalue weighted by atomic mass is 10.1. The highest BCUT2D eigenvalue weighted by Gasteiger charge is 2.24. The number of amides is 1. The number of rotatable bonds is 2. The van der Waals surface area contributed by atoms with Gasteiger partial charge in [0.1, 0.15) is 0 Å². The standard InChI is InChI=1S/C15H23N3O/c1-10(2)18-13(5)14(12(4)16-18)15(19)17-8-6-11(3)7-9-17/h6,10H,7-9H2,1-5H3. The van der Waals surface area contributed by atoms with E-state index in [4.69, 9.17) is 0 Å². The summed E-state index contributed by atoms with van der Waals surface area (Å²) in [4.78, 5) is 14.5. The van der Waals surface area contributed by atoms with Crippen molar-refractivity contribution in [2.45, 2.75) is 47.1 Å². The van der Waals surface area contributed by atoms with Crippen LogP contribution in [0.4, 0.5) is 0 Å². The average molecular weight is 261 g/mol. The Balaban J connectivity index is 2.29. The molecule has 0 aliphatic carbocycles. The maximum Gasteiger partial charge on any atom is 0.257 e. The van der Waals surface area contributed by atoms with Crippen molar-refractivity contribution in [2.75, 3.05) is 13.1 Å². The quantitative estimate of drug-likeness (QED) is 0.768. The lowest BCUT2D eigenvalue weighted by Crippen LogP contribution is -2.35. The topological polar surface area (TPSA) is 38.1 Å². The minimum absolute atomic E-state index is 0.116. The first-order valence-electron chi connectivity index (χ1n) is 6.92. The van der Waals surface area contributed by atoms with Gasteiger partial charge in [-0.15, -0.1) is 0 Å². The third-order valence-electron chi connectivity index (χ3n) is 3.75. The summed E-state index contributed by atoms with van der Waals surface area (Å²) in [6, 6.07) is 0.281. The summed E-state index contributed by atoms with van der Waals surface area (Å²) < 4.78 is 1.94. The van der Waals surface area contributed by atoms with E-state index < -0.39 is 0 Å². The molecular weight excluding hydrogens is 238 g/mol. The van der Waals surface area contributed by atoms with Crippen LogP contribution in [-0.4, -0.2) is 33.7 Å². The normalized spacial score (nSPS) is 15.9. The number of aromatic nitrogens is 2. The summed E-state index contributed by atoms with van der Waals surface area (Å²) in [6.45, 7) is 11.7. The Kier molecular flexibility index (Phi) is 3.78. The maximum absolute atomic E-state index is 12.6. The maximum atomic E-state index is 12.6. The third kappa shape index (κ3) is 2.57. The summed E-state index contributed by atoms with van der Waals surface area (Å²) in [5.41, 5.74) is 3.96. The second-order valence-corrected chi connectivity index (χ2v) is 5.64. The summed E-state index contributed by atoms with van der Waals surface area (Å²) in [5.74, 6) is 0.116. The monoisotopic (exact) mass is 261 g/mol. The second kappa shape index (κ2) is 5.19. The van der Waals surface area contributed by atoms with Gasteiger partial charge in [-0.25, -0.2) is 0 Å². The molecule has 0 N–H and O–H groups in total. The molecule has 0 radical (unpaired) electrons. The Hall–Kier alpha value is -1.58. The third-order valence-corrected chi connectivity index (χ3v) is 3.75. The van der Waals surface area contributed by atoms with E-state index >= 15 is 0 Å². The van der Waals surface area contributed by atoms with Crippen molar-refractivity contribution < 1.29 is 4.79 Å². The largest absolute Gasteiger partial charge is 0.334 e. The first-order chi connectivity index (χ1) is 8.91. The van der Waals surface area contributed by atoms with Gasteiger partial charge in [-0.1, -0.05) is 11.6 Å². The SMILES string of the molecule is CC1=CCN(C(=O)c2c(C)nn(C(C)C)c2C)CC1. The zero-order valence-corrected chi connectivity index (χ0v) is 12.5. The molecule has 1 aromatic heterocycles. The minimum Gasteiger partial charge on any atom is -0.334 e. The fourth-order valence-electron chi connectivity index (χ4n) is 2.59. The number of carbonyl (C=O) groups is 1. The lowest BCUT2D eigenvalue weighted by Gasteiger charge is -2.25. The van der Waals surface area contributed by atoms with Gasteiger partial charge in [0, 0.05) is 24.8 Å². The van der Waals surface area contributed by atoms with Crippen LogP contribution in [0.15, 0.2) is 11.6 Å². The molecule has 0 atom stereocenters. The van der Waals surface area contributed by atoms with E-state index in [0.717, 1.165) is 36.5 Å². The van der Waals surface area contributed by atoms with Crippen molar-refractivity contribution in [1.82, 2.24) is 14.7 Å². The van der Waals surface area contributed by atoms with Crippen molar-refractivity contribution in [2.24, 2.45) is 0 Å². The summed E-state index contributed by atoms with van der Waals surface area (Å²) >= 11 is 0. The lowest BCUT2D eigenvalue weighted by molar-refractivity contribution is 0.0767. The molecule has 1 aromatic rings. The zero-order valence-electron chi connectivity index (χ0n) is 12.5. The Bertz CT molecular complexity index is 526. The first kappa shape index (κ1) is 13.8. The molecule has 4 nitrogen and oxygen atoms in total. The van der Waals surface area contributed by atoms with Crippen molar-refractivity contribution in [3.05, 3.63) is 28.6 Å². The van der Waals surface area contributed by atoms with E-state index in [9.17, 15) is 4.79 Å². The first-order valence-corrected chi connectivity index (χ1v) is 6.92. The highest BCUT2D eigenvalue weighted by atomic mass is 16.2. The molecular formula is C15H23N3O. The molecule has 1 aliphatic heterocycles. The summed E-state index contributed by atoms with van der Waals surface area (Å²) in [7, 11) is 0. The van der Waals surface area contributed by atoms with Crippen molar-refractivity contribution in [3.8, 4) is 0 Å². The van der Waals surface area contributed by atoms with Gasteiger partial charge < -0.3 is 4.90 Å². The van der Waals surface area contributed by atoms with Gasteiger partial charge in [-0.05, 0) is 41.0 Å². The fraction of sp³-hybridized carbons (Fsp3) is 0.600. The van der Waals surface area contributed by atoms with Crippen LogP contribution in [0.25, 0.3) is 0 Å². The van der Waals surface area contributed by atoms with Crippen LogP contribution in [0, 0.1) is 13.8 Å². The van der Waals surface area contributed by atoms with Gasteiger partial charge in [0.05, 0.1) is 11.3 Å². The van der Waals surface area contributed by atoms with Crippen molar-refractivity contribution in [1.29, 1.82) is 0 Å². The van der Waals surface area contributed by atoms with Crippen LogP contribution in [0.5, 0.6) is 0 Å². The number of aryl methyl sites for hydroxylation is 1. The molecule has 0 unspecified atom stereocenters. The number of carbonyl (C=O) groups excluding carboxylic acids is 1. The molecule has 104 valence electrons. The molecule has 0 fully saturated rings. The number of hydrogen-bond donors (Lipinski definition) is 0. The Morgan fingerprint density at radius 3 is 2.47 bits per heavy atom. The molecule has 0 aromatic carbocycles. The number of hydrogen-bond acceptors (Lipinski definition) is 2. The van der Waals surface area contributed by atoms with E-state index in [0.29, 0.717) is 0 Å². The van der Waals surface area contributed by atoms with Gasteiger partial charge in [0.25, 0.3) is 5.91 Å². The molecule has 19 heavy (non-hydrogen) atoms. The molecule has 4 heteroatoms. The molecule has 1 amide bonds. The van der Waals surface area contributed by atoms with E-state index in [1.165, 1.54) is 5.57 Å². The average Bonchev–Trinajstić information content (AvgIpc) is 2.65. The van der Waals surface area contributed by atoms with Crippen LogP contribution in [0.3, 0.4) is 0 Å². The number of nitrogens with zero attached hydrogens (tertiary/aromatic N) is 3. The zero-order chi connectivity index (χ0) is 14.2. The molecule has 0 saturated carbocycles. The van der Waals surface area contributed by atoms with E-state index in [1.54, 1.807) is 0 Å². The van der Waals surface area contributed by atoms with Crippen LogP contribution < -0.4 is 0 Å². The van der Waals surface area contributed by atoms with Gasteiger partial charge >= 0.3 is 0 Å². The molecule has 0 spiro atoms. The molecule has 0 bridgehead atoms. The highest BCUT2D eigenvalue weighted by molar-refractivity contribution is 5.96. The predicted molar refractivity (Wildman–Crippen MR) is 76.4 cm³/mol. The molecule has 1 aliphatic rings. The Morgan fingerprint density at radius 2 is 2.00 bits per heavy atom. The van der Waals surface area contributed by atoms with E-state index in [2.05, 4.69) is 31.9 Å². The second-order valence-electron chi connectivity index (χ2n) is 5.64. The Morgan fingerprint density at radius 1 is 1.32 bits per heavy atom. The highest BCUT2D eigenvalue weighted by Crippen LogP contribution is 2.21. The molecule has 2 heterocycles. The van der Waals surface area contributed by atoms with Crippen molar-refractivity contribution in [3.63, 3.8) is 0 Å². The van der Waals surface area contributed by atoms with Crippen LogP contribution in [-0.2, 0) is 0 Å². The van der Waals surface area contributed by atoms with Crippen LogP contribution >= 0.6 is 0 Å². The molecule has 0 saturated heterocycles. The van der Waals surface area contributed by atoms with Crippen LogP contribution in [0.1, 0.15) is 55.0 Å². The summed E-state index contributed by atoms with van der Waals surface area (Å²) in [6.07, 6.45) is 3.11. The summed E-state index contributed by atoms with van der Waals surface area (Å²) in [5, 5.41) is 4.49. The van der Waals surface area contributed by atoms with Gasteiger partial charge in [-0.2, -0.15) is 5.10 Å².